The van der Waals surface area contributed by atoms with E-state index in [4.69, 9.17) is 0 Å². The van der Waals surface area contributed by atoms with Gasteiger partial charge in [-0.1, -0.05) is 36.4 Å². The van der Waals surface area contributed by atoms with E-state index in [9.17, 15) is 10.1 Å². The summed E-state index contributed by atoms with van der Waals surface area (Å²) in [6, 6.07) is 20.4. The molecule has 1 fully saturated rings. The fraction of sp³-hybridized carbons (Fsp3) is 0.259. The maximum Gasteiger partial charge on any atom is 0.272 e. The van der Waals surface area contributed by atoms with Crippen LogP contribution in [0.4, 0.5) is 0 Å². The van der Waals surface area contributed by atoms with Crippen molar-refractivity contribution in [3.8, 4) is 17.3 Å². The van der Waals surface area contributed by atoms with Gasteiger partial charge in [0.2, 0.25) is 0 Å². The maximum absolute atomic E-state index is 13.0. The summed E-state index contributed by atoms with van der Waals surface area (Å²) in [5.41, 5.74) is 6.38. The minimum atomic E-state index is -0.339. The summed E-state index contributed by atoms with van der Waals surface area (Å²) in [6.45, 7) is 3.14. The molecule has 0 unspecified atom stereocenters. The zero-order valence-corrected chi connectivity index (χ0v) is 18.1. The zero-order chi connectivity index (χ0) is 22.1. The first-order valence-corrected chi connectivity index (χ1v) is 11.0. The Labute approximate surface area is 188 Å². The Morgan fingerprint density at radius 3 is 2.59 bits per heavy atom. The van der Waals surface area contributed by atoms with Crippen LogP contribution < -0.4 is 0 Å². The second kappa shape index (κ2) is 8.05. The molecule has 0 radical (unpaired) electrons. The number of amides is 1. The summed E-state index contributed by atoms with van der Waals surface area (Å²) in [7, 11) is 0. The average Bonchev–Trinajstić information content (AvgIpc) is 3.28. The fourth-order valence-corrected chi connectivity index (χ4v) is 4.37. The molecule has 0 spiro atoms. The lowest BCUT2D eigenvalue weighted by Crippen LogP contribution is -2.41. The molecule has 5 heteroatoms. The lowest BCUT2D eigenvalue weighted by Gasteiger charge is -2.34. The van der Waals surface area contributed by atoms with Crippen molar-refractivity contribution in [2.75, 3.05) is 13.1 Å². The highest BCUT2D eigenvalue weighted by atomic mass is 16.2. The fourth-order valence-electron chi connectivity index (χ4n) is 4.37. The Kier molecular flexibility index (Phi) is 5.07. The molecule has 32 heavy (non-hydrogen) atoms. The summed E-state index contributed by atoms with van der Waals surface area (Å²) >= 11 is 0. The molecule has 1 aliphatic heterocycles. The Bertz CT molecular complexity index is 1250. The predicted molar refractivity (Wildman–Crippen MR) is 124 cm³/mol. The Morgan fingerprint density at radius 2 is 1.84 bits per heavy atom. The summed E-state index contributed by atoms with van der Waals surface area (Å²) in [6.07, 6.45) is 6.24. The third-order valence-corrected chi connectivity index (χ3v) is 6.52. The number of piperidine rings is 1. The number of fused-ring (bicyclic) bond motifs is 1. The Balaban J connectivity index is 1.37. The van der Waals surface area contributed by atoms with Crippen molar-refractivity contribution in [1.82, 2.24) is 14.9 Å². The number of hydrogen-bond donors (Lipinski definition) is 0. The van der Waals surface area contributed by atoms with Gasteiger partial charge in [0, 0.05) is 31.3 Å². The highest BCUT2D eigenvalue weighted by Crippen LogP contribution is 2.33. The van der Waals surface area contributed by atoms with Crippen LogP contribution in [-0.4, -0.2) is 33.9 Å². The van der Waals surface area contributed by atoms with E-state index in [1.165, 1.54) is 11.1 Å². The molecule has 2 aliphatic rings. The first-order chi connectivity index (χ1) is 15.5. The van der Waals surface area contributed by atoms with Crippen molar-refractivity contribution in [1.29, 1.82) is 5.26 Å². The van der Waals surface area contributed by atoms with E-state index in [1.54, 1.807) is 11.0 Å². The largest absolute Gasteiger partial charge is 0.337 e. The minimum Gasteiger partial charge on any atom is -0.337 e. The molecule has 3 aromatic rings. The first kappa shape index (κ1) is 20.1. The van der Waals surface area contributed by atoms with Crippen LogP contribution in [0.1, 0.15) is 47.1 Å². The average molecular weight is 421 g/mol. The van der Waals surface area contributed by atoms with Gasteiger partial charge in [0.1, 0.15) is 5.69 Å². The summed E-state index contributed by atoms with van der Waals surface area (Å²) in [5.74, 6) is -0.0766. The number of rotatable bonds is 3. The van der Waals surface area contributed by atoms with Crippen LogP contribution in [0.15, 0.2) is 60.8 Å². The van der Waals surface area contributed by atoms with Crippen LogP contribution in [0.3, 0.4) is 0 Å². The molecular formula is C27H24N4O. The number of carbonyl (C=O) groups is 1. The van der Waals surface area contributed by atoms with E-state index < -0.39 is 0 Å². The number of benzene rings is 1. The lowest BCUT2D eigenvalue weighted by atomic mass is 9.82. The molecule has 5 nitrogen and oxygen atoms in total. The number of carbonyl (C=O) groups excluding carboxylic acids is 1. The van der Waals surface area contributed by atoms with Gasteiger partial charge in [-0.3, -0.25) is 9.78 Å². The van der Waals surface area contributed by atoms with Crippen molar-refractivity contribution in [2.45, 2.75) is 26.2 Å². The highest BCUT2D eigenvalue weighted by molar-refractivity contribution is 5.93. The lowest BCUT2D eigenvalue weighted by molar-refractivity contribution is 0.0656. The maximum atomic E-state index is 13.0. The predicted octanol–water partition coefficient (Wildman–Crippen LogP) is 5.01. The second-order valence-electron chi connectivity index (χ2n) is 8.85. The summed E-state index contributed by atoms with van der Waals surface area (Å²) in [4.78, 5) is 24.2. The van der Waals surface area contributed by atoms with E-state index in [2.05, 4.69) is 40.3 Å². The summed E-state index contributed by atoms with van der Waals surface area (Å²) < 4.78 is 0. The van der Waals surface area contributed by atoms with Crippen molar-refractivity contribution in [2.24, 2.45) is 5.41 Å². The molecule has 2 aromatic heterocycles. The molecule has 158 valence electrons. The number of nitriles is 1. The number of nitrogens with zero attached hydrogens (tertiary/aromatic N) is 4. The Hall–Kier alpha value is -3.78. The van der Waals surface area contributed by atoms with Crippen molar-refractivity contribution >= 4 is 17.6 Å². The van der Waals surface area contributed by atoms with Crippen molar-refractivity contribution < 1.29 is 4.79 Å². The molecule has 0 bridgehead atoms. The Morgan fingerprint density at radius 1 is 1.06 bits per heavy atom. The van der Waals surface area contributed by atoms with Gasteiger partial charge in [0.05, 0.1) is 22.9 Å². The van der Waals surface area contributed by atoms with Gasteiger partial charge in [-0.15, -0.1) is 0 Å². The highest BCUT2D eigenvalue weighted by Gasteiger charge is 2.32. The first-order valence-electron chi connectivity index (χ1n) is 11.0. The number of allylic oxidation sites excluding steroid dienone is 1. The molecule has 5 rings (SSSR count). The molecule has 1 amide bonds. The van der Waals surface area contributed by atoms with Crippen LogP contribution in [0.25, 0.3) is 22.9 Å². The molecule has 0 atom stereocenters. The van der Waals surface area contributed by atoms with E-state index in [-0.39, 0.29) is 11.3 Å². The topological polar surface area (TPSA) is 69.9 Å². The molecular weight excluding hydrogens is 396 g/mol. The SMILES string of the molecule is CC1(C#N)CCN(C(=O)c2cccc(-c3cnc4c(c3)C=C(c3ccccc3)C4)n2)CC1. The number of pyridine rings is 2. The smallest absolute Gasteiger partial charge is 0.272 e. The molecule has 3 heterocycles. The zero-order valence-electron chi connectivity index (χ0n) is 18.1. The van der Waals surface area contributed by atoms with Crippen LogP contribution in [0.5, 0.6) is 0 Å². The van der Waals surface area contributed by atoms with Gasteiger partial charge >= 0.3 is 0 Å². The minimum absolute atomic E-state index is 0.0766. The summed E-state index contributed by atoms with van der Waals surface area (Å²) in [5, 5.41) is 9.33. The van der Waals surface area contributed by atoms with Gasteiger partial charge in [-0.25, -0.2) is 4.98 Å². The number of hydrogen-bond acceptors (Lipinski definition) is 4. The number of likely N-dealkylation sites (tertiary alicyclic amines) is 1. The third-order valence-electron chi connectivity index (χ3n) is 6.52. The van der Waals surface area contributed by atoms with Gasteiger partial charge in [0.15, 0.2) is 0 Å². The van der Waals surface area contributed by atoms with E-state index >= 15 is 0 Å². The van der Waals surface area contributed by atoms with Crippen molar-refractivity contribution in [3.63, 3.8) is 0 Å². The van der Waals surface area contributed by atoms with Gasteiger partial charge in [-0.05, 0) is 60.7 Å². The quantitative estimate of drug-likeness (QED) is 0.597. The van der Waals surface area contributed by atoms with Crippen LogP contribution >= 0.6 is 0 Å². The van der Waals surface area contributed by atoms with Crippen LogP contribution in [0.2, 0.25) is 0 Å². The molecule has 0 saturated carbocycles. The van der Waals surface area contributed by atoms with Crippen molar-refractivity contribution in [3.05, 3.63) is 83.3 Å². The number of aromatic nitrogens is 2. The molecule has 1 aromatic carbocycles. The van der Waals surface area contributed by atoms with E-state index in [0.29, 0.717) is 31.6 Å². The van der Waals surface area contributed by atoms with Gasteiger partial charge < -0.3 is 4.90 Å². The van der Waals surface area contributed by atoms with Crippen LogP contribution in [0, 0.1) is 16.7 Å². The van der Waals surface area contributed by atoms with E-state index in [0.717, 1.165) is 28.9 Å². The second-order valence-corrected chi connectivity index (χ2v) is 8.85. The molecule has 1 aliphatic carbocycles. The van der Waals surface area contributed by atoms with E-state index in [1.807, 2.05) is 43.5 Å². The standard InChI is InChI=1S/C27H24N4O/c1-27(18-28)10-12-31(13-11-27)26(32)24-9-5-8-23(30-24)22-15-21-14-20(16-25(21)29-17-22)19-6-3-2-4-7-19/h2-9,14-15,17H,10-13,16H2,1H3. The van der Waals surface area contributed by atoms with Gasteiger partial charge in [0.25, 0.3) is 5.91 Å². The monoisotopic (exact) mass is 420 g/mol. The molecule has 0 N–H and O–H groups in total. The normalized spacial score (nSPS) is 16.8. The molecule has 1 saturated heterocycles. The van der Waals surface area contributed by atoms with Crippen LogP contribution in [-0.2, 0) is 6.42 Å². The third kappa shape index (κ3) is 3.80. The van der Waals surface area contributed by atoms with Gasteiger partial charge in [-0.2, -0.15) is 5.26 Å².